The van der Waals surface area contributed by atoms with Gasteiger partial charge >= 0.3 is 0 Å². The summed E-state index contributed by atoms with van der Waals surface area (Å²) in [5, 5.41) is 14.2. The quantitative estimate of drug-likeness (QED) is 0.500. The second kappa shape index (κ2) is 6.15. The van der Waals surface area contributed by atoms with Gasteiger partial charge in [0.1, 0.15) is 5.75 Å². The van der Waals surface area contributed by atoms with Gasteiger partial charge in [0, 0.05) is 17.0 Å². The van der Waals surface area contributed by atoms with Gasteiger partial charge in [-0.25, -0.2) is 4.98 Å². The number of aromatic hydroxyl groups is 1. The van der Waals surface area contributed by atoms with Gasteiger partial charge in [0.05, 0.1) is 16.8 Å². The number of phenols is 1. The lowest BCUT2D eigenvalue weighted by molar-refractivity contribution is 0.102. The van der Waals surface area contributed by atoms with E-state index in [-0.39, 0.29) is 11.5 Å². The molecule has 0 aliphatic carbocycles. The van der Waals surface area contributed by atoms with Crippen LogP contribution in [0.15, 0.2) is 27.8 Å². The standard InChI is InChI=1S/C13H12BrN3O2S/c1-7-12(8(2)18)20-13(16-7)17-15-6-9-5-10(14)3-4-11(9)19/h3-6,19H,1-2H3,(H,16,17)/b15-6-. The van der Waals surface area contributed by atoms with E-state index in [4.69, 9.17) is 0 Å². The van der Waals surface area contributed by atoms with Gasteiger partial charge in [-0.3, -0.25) is 10.2 Å². The molecule has 0 saturated carbocycles. The number of carbonyl (C=O) groups is 1. The molecule has 0 fully saturated rings. The molecule has 2 N–H and O–H groups in total. The van der Waals surface area contributed by atoms with Crippen LogP contribution in [0.1, 0.15) is 27.9 Å². The summed E-state index contributed by atoms with van der Waals surface area (Å²) in [5.74, 6) is 0.125. The molecule has 1 heterocycles. The molecular formula is C13H12BrN3O2S. The number of nitrogens with one attached hydrogen (secondary N) is 1. The first kappa shape index (κ1) is 14.7. The van der Waals surface area contributed by atoms with Crippen LogP contribution in [-0.4, -0.2) is 22.1 Å². The highest BCUT2D eigenvalue weighted by Gasteiger charge is 2.10. The van der Waals surface area contributed by atoms with E-state index < -0.39 is 0 Å². The number of hydrazone groups is 1. The zero-order chi connectivity index (χ0) is 14.7. The average molecular weight is 354 g/mol. The van der Waals surface area contributed by atoms with Crippen molar-refractivity contribution in [3.05, 3.63) is 38.8 Å². The van der Waals surface area contributed by atoms with Gasteiger partial charge in [-0.1, -0.05) is 27.3 Å². The van der Waals surface area contributed by atoms with Crippen molar-refractivity contribution in [3.8, 4) is 5.75 Å². The molecule has 0 bridgehead atoms. The minimum Gasteiger partial charge on any atom is -0.507 e. The predicted molar refractivity (Wildman–Crippen MR) is 83.9 cm³/mol. The molecule has 0 amide bonds. The zero-order valence-electron chi connectivity index (χ0n) is 10.8. The SMILES string of the molecule is CC(=O)c1sc(N/N=C\c2cc(Br)ccc2O)nc1C. The minimum absolute atomic E-state index is 0.0123. The van der Waals surface area contributed by atoms with E-state index in [2.05, 4.69) is 31.4 Å². The van der Waals surface area contributed by atoms with E-state index in [1.807, 2.05) is 0 Å². The Morgan fingerprint density at radius 3 is 2.95 bits per heavy atom. The number of aryl methyl sites for hydroxylation is 1. The van der Waals surface area contributed by atoms with Crippen molar-refractivity contribution in [2.24, 2.45) is 5.10 Å². The molecule has 20 heavy (non-hydrogen) atoms. The third-order valence-electron chi connectivity index (χ3n) is 2.47. The smallest absolute Gasteiger partial charge is 0.204 e. The Hall–Kier alpha value is -1.73. The molecule has 7 heteroatoms. The Kier molecular flexibility index (Phi) is 4.51. The van der Waals surface area contributed by atoms with Gasteiger partial charge in [0.2, 0.25) is 5.13 Å². The Labute approximate surface area is 128 Å². The molecule has 0 radical (unpaired) electrons. The fourth-order valence-corrected chi connectivity index (χ4v) is 2.75. The minimum atomic E-state index is -0.0123. The summed E-state index contributed by atoms with van der Waals surface area (Å²) >= 11 is 4.57. The number of halogens is 1. The van der Waals surface area contributed by atoms with Crippen LogP contribution in [0.25, 0.3) is 0 Å². The van der Waals surface area contributed by atoms with Gasteiger partial charge in [0.15, 0.2) is 5.78 Å². The molecule has 1 aromatic heterocycles. The van der Waals surface area contributed by atoms with Crippen LogP contribution in [0.5, 0.6) is 5.75 Å². The Balaban J connectivity index is 2.12. The van der Waals surface area contributed by atoms with E-state index in [1.165, 1.54) is 24.5 Å². The van der Waals surface area contributed by atoms with Gasteiger partial charge in [-0.15, -0.1) is 0 Å². The number of hydrogen-bond acceptors (Lipinski definition) is 6. The first-order valence-corrected chi connectivity index (χ1v) is 7.34. The van der Waals surface area contributed by atoms with E-state index in [0.717, 1.165) is 4.47 Å². The van der Waals surface area contributed by atoms with Crippen LogP contribution in [-0.2, 0) is 0 Å². The Morgan fingerprint density at radius 1 is 1.55 bits per heavy atom. The van der Waals surface area contributed by atoms with E-state index in [1.54, 1.807) is 25.1 Å². The largest absolute Gasteiger partial charge is 0.507 e. The molecule has 2 rings (SSSR count). The monoisotopic (exact) mass is 353 g/mol. The number of anilines is 1. The number of hydrogen-bond donors (Lipinski definition) is 2. The molecular weight excluding hydrogens is 342 g/mol. The number of nitrogens with zero attached hydrogens (tertiary/aromatic N) is 2. The summed E-state index contributed by atoms with van der Waals surface area (Å²) in [6, 6.07) is 5.06. The van der Waals surface area contributed by atoms with Crippen molar-refractivity contribution in [1.29, 1.82) is 0 Å². The summed E-state index contributed by atoms with van der Waals surface area (Å²) in [7, 11) is 0. The van der Waals surface area contributed by atoms with Crippen LogP contribution in [0.4, 0.5) is 5.13 Å². The lowest BCUT2D eigenvalue weighted by Crippen LogP contribution is -1.91. The number of phenolic OH excluding ortho intramolecular Hbond substituents is 1. The topological polar surface area (TPSA) is 74.6 Å². The highest BCUT2D eigenvalue weighted by molar-refractivity contribution is 9.10. The Bertz CT molecular complexity index is 682. The first-order chi connectivity index (χ1) is 9.47. The number of aromatic nitrogens is 1. The third-order valence-corrected chi connectivity index (χ3v) is 4.13. The van der Waals surface area contributed by atoms with Gasteiger partial charge < -0.3 is 5.11 Å². The van der Waals surface area contributed by atoms with E-state index >= 15 is 0 Å². The maximum absolute atomic E-state index is 11.3. The number of Topliss-reactive ketones (excluding diaryl/α,β-unsaturated/α-hetero) is 1. The van der Waals surface area contributed by atoms with Crippen molar-refractivity contribution in [3.63, 3.8) is 0 Å². The summed E-state index contributed by atoms with van der Waals surface area (Å²) in [6.45, 7) is 3.29. The van der Waals surface area contributed by atoms with E-state index in [9.17, 15) is 9.90 Å². The summed E-state index contributed by atoms with van der Waals surface area (Å²) in [6.07, 6.45) is 1.49. The molecule has 0 unspecified atom stereocenters. The molecule has 0 aliphatic heterocycles. The second-order valence-corrected chi connectivity index (χ2v) is 5.98. The third kappa shape index (κ3) is 3.43. The van der Waals surface area contributed by atoms with Crippen LogP contribution >= 0.6 is 27.3 Å². The van der Waals surface area contributed by atoms with Crippen LogP contribution in [0, 0.1) is 6.92 Å². The van der Waals surface area contributed by atoms with Gasteiger partial charge in [0.25, 0.3) is 0 Å². The lowest BCUT2D eigenvalue weighted by Gasteiger charge is -1.99. The maximum atomic E-state index is 11.3. The number of thiazole rings is 1. The molecule has 5 nitrogen and oxygen atoms in total. The molecule has 0 atom stereocenters. The predicted octanol–water partition coefficient (Wildman–Crippen LogP) is 3.57. The molecule has 0 saturated heterocycles. The summed E-state index contributed by atoms with van der Waals surface area (Å²) in [4.78, 5) is 16.1. The van der Waals surface area contributed by atoms with Gasteiger partial charge in [-0.2, -0.15) is 5.10 Å². The number of ketones is 1. The van der Waals surface area contributed by atoms with Crippen molar-refractivity contribution in [2.75, 3.05) is 5.43 Å². The van der Waals surface area contributed by atoms with Crippen LogP contribution < -0.4 is 5.43 Å². The molecule has 0 aliphatic rings. The molecule has 2 aromatic rings. The highest BCUT2D eigenvalue weighted by Crippen LogP contribution is 2.23. The van der Waals surface area contributed by atoms with Crippen molar-refractivity contribution in [2.45, 2.75) is 13.8 Å². The first-order valence-electron chi connectivity index (χ1n) is 5.73. The van der Waals surface area contributed by atoms with Crippen molar-refractivity contribution in [1.82, 2.24) is 4.98 Å². The Morgan fingerprint density at radius 2 is 2.30 bits per heavy atom. The molecule has 1 aromatic carbocycles. The van der Waals surface area contributed by atoms with Crippen LogP contribution in [0.2, 0.25) is 0 Å². The fourth-order valence-electron chi connectivity index (χ4n) is 1.56. The number of benzene rings is 1. The van der Waals surface area contributed by atoms with E-state index in [0.29, 0.717) is 21.3 Å². The number of rotatable bonds is 4. The van der Waals surface area contributed by atoms with Gasteiger partial charge in [-0.05, 0) is 25.1 Å². The van der Waals surface area contributed by atoms with Crippen molar-refractivity contribution >= 4 is 44.4 Å². The normalized spacial score (nSPS) is 10.9. The fraction of sp³-hybridized carbons (Fsp3) is 0.154. The number of carbonyl (C=O) groups excluding carboxylic acids is 1. The molecule has 0 spiro atoms. The zero-order valence-corrected chi connectivity index (χ0v) is 13.2. The highest BCUT2D eigenvalue weighted by atomic mass is 79.9. The lowest BCUT2D eigenvalue weighted by atomic mass is 10.2. The second-order valence-electron chi connectivity index (χ2n) is 4.06. The molecule has 104 valence electrons. The summed E-state index contributed by atoms with van der Waals surface area (Å²) in [5.41, 5.74) is 4.02. The summed E-state index contributed by atoms with van der Waals surface area (Å²) < 4.78 is 0.848. The average Bonchev–Trinajstić information content (AvgIpc) is 2.75. The maximum Gasteiger partial charge on any atom is 0.204 e. The van der Waals surface area contributed by atoms with Crippen molar-refractivity contribution < 1.29 is 9.90 Å². The van der Waals surface area contributed by atoms with Crippen LogP contribution in [0.3, 0.4) is 0 Å².